The van der Waals surface area contributed by atoms with Crippen molar-refractivity contribution in [1.29, 1.82) is 0 Å². The molecule has 0 aliphatic heterocycles. The molecule has 0 radical (unpaired) electrons. The maximum atomic E-state index is 13.8. The van der Waals surface area contributed by atoms with Gasteiger partial charge in [-0.1, -0.05) is 25.1 Å². The molecule has 1 amide bonds. The first-order valence-electron chi connectivity index (χ1n) is 12.4. The number of anilines is 1. The van der Waals surface area contributed by atoms with E-state index in [1.165, 1.54) is 16.2 Å². The molecule has 0 fully saturated rings. The average Bonchev–Trinajstić information content (AvgIpc) is 3.36. The van der Waals surface area contributed by atoms with Gasteiger partial charge >= 0.3 is 5.97 Å². The Bertz CT molecular complexity index is 1480. The van der Waals surface area contributed by atoms with Crippen molar-refractivity contribution >= 4 is 39.1 Å². The molecule has 0 atom stereocenters. The number of benzene rings is 1. The van der Waals surface area contributed by atoms with E-state index in [4.69, 9.17) is 9.72 Å². The number of amides is 1. The summed E-state index contributed by atoms with van der Waals surface area (Å²) in [5.74, 6) is -0.620. The van der Waals surface area contributed by atoms with Crippen LogP contribution in [0.5, 0.6) is 0 Å². The minimum Gasteiger partial charge on any atom is -0.462 e. The molecule has 3 heterocycles. The standard InChI is InChI=1S/C28H30N4O3S/c1-5-14-35-28(34)25-19-11-7-9-13-23(19)36-27(25)30-26(33)20-15-22(24-16(2)31-32(4)17(24)3)29-21-12-8-6-10-18(20)21/h6,8,10,12,15H,5,7,9,11,13-14H2,1-4H3,(H,30,33). The molecule has 8 heteroatoms. The molecule has 3 aromatic heterocycles. The van der Waals surface area contributed by atoms with Crippen molar-refractivity contribution in [3.8, 4) is 11.3 Å². The lowest BCUT2D eigenvalue weighted by molar-refractivity contribution is 0.0505. The summed E-state index contributed by atoms with van der Waals surface area (Å²) >= 11 is 1.50. The molecule has 1 aliphatic rings. The molecule has 186 valence electrons. The highest BCUT2D eigenvalue weighted by atomic mass is 32.1. The number of nitrogens with zero attached hydrogens (tertiary/aromatic N) is 3. The zero-order valence-corrected chi connectivity index (χ0v) is 21.9. The minimum atomic E-state index is -0.353. The molecule has 1 N–H and O–H groups in total. The number of hydrogen-bond donors (Lipinski definition) is 1. The third-order valence-corrected chi connectivity index (χ3v) is 7.97. The van der Waals surface area contributed by atoms with E-state index in [0.29, 0.717) is 28.4 Å². The SMILES string of the molecule is CCCOC(=O)c1c(NC(=O)c2cc(-c3c(C)nn(C)c3C)nc3ccccc23)sc2c1CCCC2. The Hall–Kier alpha value is -3.52. The van der Waals surface area contributed by atoms with Gasteiger partial charge in [-0.05, 0) is 63.6 Å². The number of fused-ring (bicyclic) bond motifs is 2. The fraction of sp³-hybridized carbons (Fsp3) is 0.357. The van der Waals surface area contributed by atoms with Crippen molar-refractivity contribution in [2.75, 3.05) is 11.9 Å². The number of carbonyl (C=O) groups excluding carboxylic acids is 2. The van der Waals surface area contributed by atoms with Crippen LogP contribution in [0.1, 0.15) is 68.7 Å². The number of aryl methyl sites for hydroxylation is 3. The number of carbonyl (C=O) groups is 2. The second-order valence-corrected chi connectivity index (χ2v) is 10.4. The van der Waals surface area contributed by atoms with E-state index in [1.807, 2.05) is 62.8 Å². The molecule has 0 saturated carbocycles. The molecule has 1 aromatic carbocycles. The first kappa shape index (κ1) is 24.2. The highest BCUT2D eigenvalue weighted by Gasteiger charge is 2.28. The second-order valence-electron chi connectivity index (χ2n) is 9.25. The van der Waals surface area contributed by atoms with Crippen LogP contribution in [0.4, 0.5) is 5.00 Å². The van der Waals surface area contributed by atoms with Crippen molar-refractivity contribution in [2.45, 2.75) is 52.9 Å². The van der Waals surface area contributed by atoms with Gasteiger partial charge in [0.15, 0.2) is 0 Å². The van der Waals surface area contributed by atoms with Crippen molar-refractivity contribution in [2.24, 2.45) is 7.05 Å². The predicted molar refractivity (Wildman–Crippen MR) is 143 cm³/mol. The van der Waals surface area contributed by atoms with Crippen LogP contribution in [0.3, 0.4) is 0 Å². The first-order valence-corrected chi connectivity index (χ1v) is 13.2. The van der Waals surface area contributed by atoms with Gasteiger partial charge in [0, 0.05) is 28.6 Å². The zero-order valence-electron chi connectivity index (χ0n) is 21.1. The van der Waals surface area contributed by atoms with Gasteiger partial charge in [-0.25, -0.2) is 9.78 Å². The second kappa shape index (κ2) is 9.85. The Balaban J connectivity index is 1.59. The van der Waals surface area contributed by atoms with Crippen molar-refractivity contribution < 1.29 is 14.3 Å². The zero-order chi connectivity index (χ0) is 25.4. The summed E-state index contributed by atoms with van der Waals surface area (Å²) in [5.41, 5.74) is 6.26. The first-order chi connectivity index (χ1) is 17.4. The molecule has 0 unspecified atom stereocenters. The molecular weight excluding hydrogens is 472 g/mol. The van der Waals surface area contributed by atoms with Crippen LogP contribution in [-0.4, -0.2) is 33.2 Å². The smallest absolute Gasteiger partial charge is 0.341 e. The number of rotatable bonds is 6. The van der Waals surface area contributed by atoms with E-state index >= 15 is 0 Å². The van der Waals surface area contributed by atoms with Gasteiger partial charge in [-0.2, -0.15) is 5.10 Å². The van der Waals surface area contributed by atoms with Gasteiger partial charge in [0.05, 0.1) is 34.6 Å². The summed E-state index contributed by atoms with van der Waals surface area (Å²) < 4.78 is 7.33. The fourth-order valence-corrected chi connectivity index (χ4v) is 6.22. The lowest BCUT2D eigenvalue weighted by Gasteiger charge is -2.13. The lowest BCUT2D eigenvalue weighted by Crippen LogP contribution is -2.16. The Morgan fingerprint density at radius 2 is 1.94 bits per heavy atom. The highest BCUT2D eigenvalue weighted by molar-refractivity contribution is 7.17. The molecule has 1 aliphatic carbocycles. The van der Waals surface area contributed by atoms with Gasteiger partial charge in [-0.15, -0.1) is 11.3 Å². The number of ether oxygens (including phenoxy) is 1. The summed E-state index contributed by atoms with van der Waals surface area (Å²) in [4.78, 5) is 32.8. The summed E-state index contributed by atoms with van der Waals surface area (Å²) in [6, 6.07) is 9.46. The molecule has 5 rings (SSSR count). The number of esters is 1. The summed E-state index contributed by atoms with van der Waals surface area (Å²) in [6.45, 7) is 6.27. The number of aromatic nitrogens is 3. The van der Waals surface area contributed by atoms with E-state index in [0.717, 1.165) is 65.5 Å². The van der Waals surface area contributed by atoms with E-state index in [9.17, 15) is 9.59 Å². The summed E-state index contributed by atoms with van der Waals surface area (Å²) in [7, 11) is 1.90. The Labute approximate surface area is 214 Å². The Kier molecular flexibility index (Phi) is 6.62. The average molecular weight is 503 g/mol. The van der Waals surface area contributed by atoms with Crippen LogP contribution in [0.2, 0.25) is 0 Å². The van der Waals surface area contributed by atoms with E-state index in [2.05, 4.69) is 10.4 Å². The van der Waals surface area contributed by atoms with Crippen molar-refractivity contribution in [3.63, 3.8) is 0 Å². The Morgan fingerprint density at radius 3 is 2.69 bits per heavy atom. The van der Waals surface area contributed by atoms with Crippen LogP contribution in [0.15, 0.2) is 30.3 Å². The third-order valence-electron chi connectivity index (χ3n) is 6.77. The number of nitrogens with one attached hydrogen (secondary N) is 1. The Morgan fingerprint density at radius 1 is 1.17 bits per heavy atom. The summed E-state index contributed by atoms with van der Waals surface area (Å²) in [6.07, 6.45) is 4.63. The largest absolute Gasteiger partial charge is 0.462 e. The molecule has 0 saturated heterocycles. The van der Waals surface area contributed by atoms with Gasteiger partial charge < -0.3 is 10.1 Å². The fourth-order valence-electron chi connectivity index (χ4n) is 4.94. The molecule has 7 nitrogen and oxygen atoms in total. The van der Waals surface area contributed by atoms with Gasteiger partial charge in [0.1, 0.15) is 5.00 Å². The molecule has 36 heavy (non-hydrogen) atoms. The van der Waals surface area contributed by atoms with E-state index in [-0.39, 0.29) is 11.9 Å². The normalized spacial score (nSPS) is 13.0. The van der Waals surface area contributed by atoms with Crippen LogP contribution < -0.4 is 5.32 Å². The monoisotopic (exact) mass is 502 g/mol. The molecule has 0 spiro atoms. The topological polar surface area (TPSA) is 86.1 Å². The van der Waals surface area contributed by atoms with Gasteiger partial charge in [0.2, 0.25) is 0 Å². The molecule has 4 aromatic rings. The maximum Gasteiger partial charge on any atom is 0.341 e. The quantitative estimate of drug-likeness (QED) is 0.326. The van der Waals surface area contributed by atoms with E-state index < -0.39 is 0 Å². The highest BCUT2D eigenvalue weighted by Crippen LogP contribution is 2.39. The maximum absolute atomic E-state index is 13.8. The molecular formula is C28H30N4O3S. The van der Waals surface area contributed by atoms with Crippen LogP contribution in [-0.2, 0) is 24.6 Å². The number of hydrogen-bond acceptors (Lipinski definition) is 6. The number of para-hydroxylation sites is 1. The number of thiophene rings is 1. The minimum absolute atomic E-state index is 0.266. The van der Waals surface area contributed by atoms with Crippen molar-refractivity contribution in [1.82, 2.24) is 14.8 Å². The van der Waals surface area contributed by atoms with Crippen LogP contribution in [0, 0.1) is 13.8 Å². The summed E-state index contributed by atoms with van der Waals surface area (Å²) in [5, 5.41) is 8.94. The van der Waals surface area contributed by atoms with E-state index in [1.54, 1.807) is 0 Å². The number of pyridine rings is 1. The van der Waals surface area contributed by atoms with Gasteiger partial charge in [-0.3, -0.25) is 9.48 Å². The van der Waals surface area contributed by atoms with Crippen molar-refractivity contribution in [3.05, 3.63) is 63.3 Å². The van der Waals surface area contributed by atoms with Crippen LogP contribution in [0.25, 0.3) is 22.2 Å². The van der Waals surface area contributed by atoms with Gasteiger partial charge in [0.25, 0.3) is 5.91 Å². The van der Waals surface area contributed by atoms with Crippen LogP contribution >= 0.6 is 11.3 Å². The molecule has 0 bridgehead atoms. The predicted octanol–water partition coefficient (Wildman–Crippen LogP) is 6.01. The third kappa shape index (κ3) is 4.30. The lowest BCUT2D eigenvalue weighted by atomic mass is 9.95.